The molecule has 0 saturated heterocycles. The summed E-state index contributed by atoms with van der Waals surface area (Å²) in [5, 5.41) is 35.1. The number of carboxylic acids is 3. The molecule has 2 aromatic rings. The molecule has 0 fully saturated rings. The van der Waals surface area contributed by atoms with Gasteiger partial charge in [0.2, 0.25) is 17.7 Å². The van der Waals surface area contributed by atoms with Crippen LogP contribution in [0.4, 0.5) is 0 Å². The highest BCUT2D eigenvalue weighted by Crippen LogP contribution is 2.19. The van der Waals surface area contributed by atoms with E-state index in [1.165, 1.54) is 11.8 Å². The number of para-hydroxylation sites is 1. The van der Waals surface area contributed by atoms with Crippen molar-refractivity contribution in [3.63, 3.8) is 0 Å². The standard InChI is InChI=1S/C25H33N5O9S/c1-40-9-8-15(26)22(35)29-18(10-13-12-27-16-5-3-2-4-14(13)16)24(37)28-17(6-7-20(31)32)23(36)30-19(25(38)39)11-21(33)34/h2-5,12,15,17-19,27H,6-11,26H2,1H3,(H,28,37)(H,29,35)(H,30,36)(H,31,32)(H,33,34)(H,38,39). The number of hydrogen-bond donors (Lipinski definition) is 8. The minimum absolute atomic E-state index is 0.0130. The Labute approximate surface area is 233 Å². The van der Waals surface area contributed by atoms with Gasteiger partial charge < -0.3 is 42.0 Å². The molecule has 9 N–H and O–H groups in total. The molecule has 1 heterocycles. The lowest BCUT2D eigenvalue weighted by atomic mass is 10.0. The van der Waals surface area contributed by atoms with E-state index in [0.29, 0.717) is 17.7 Å². The highest BCUT2D eigenvalue weighted by Gasteiger charge is 2.32. The quantitative estimate of drug-likeness (QED) is 0.121. The van der Waals surface area contributed by atoms with E-state index in [4.69, 9.17) is 15.9 Å². The van der Waals surface area contributed by atoms with Crippen molar-refractivity contribution in [1.29, 1.82) is 0 Å². The molecule has 0 bridgehead atoms. The summed E-state index contributed by atoms with van der Waals surface area (Å²) in [6.07, 6.45) is 1.93. The number of amides is 3. The largest absolute Gasteiger partial charge is 0.481 e. The average Bonchev–Trinajstić information content (AvgIpc) is 3.30. The van der Waals surface area contributed by atoms with Gasteiger partial charge in [-0.3, -0.25) is 24.0 Å². The number of fused-ring (bicyclic) bond motifs is 1. The molecule has 1 aromatic heterocycles. The molecule has 14 nitrogen and oxygen atoms in total. The van der Waals surface area contributed by atoms with E-state index >= 15 is 0 Å². The maximum Gasteiger partial charge on any atom is 0.326 e. The van der Waals surface area contributed by atoms with Crippen molar-refractivity contribution in [2.24, 2.45) is 5.73 Å². The van der Waals surface area contributed by atoms with Crippen LogP contribution in [-0.4, -0.2) is 92.1 Å². The Hall–Kier alpha value is -4.11. The van der Waals surface area contributed by atoms with Gasteiger partial charge in [0.15, 0.2) is 0 Å². The van der Waals surface area contributed by atoms with Crippen molar-refractivity contribution < 1.29 is 44.1 Å². The number of carboxylic acid groups (broad SMARTS) is 3. The lowest BCUT2D eigenvalue weighted by molar-refractivity contribution is -0.147. The van der Waals surface area contributed by atoms with Gasteiger partial charge >= 0.3 is 17.9 Å². The third-order valence-electron chi connectivity index (χ3n) is 5.97. The Morgan fingerprint density at radius 2 is 1.50 bits per heavy atom. The number of nitrogens with one attached hydrogen (secondary N) is 4. The molecule has 40 heavy (non-hydrogen) atoms. The predicted molar refractivity (Wildman–Crippen MR) is 146 cm³/mol. The van der Waals surface area contributed by atoms with E-state index in [0.717, 1.165) is 10.9 Å². The number of aliphatic carboxylic acids is 3. The van der Waals surface area contributed by atoms with Crippen LogP contribution in [0.25, 0.3) is 10.9 Å². The molecule has 4 unspecified atom stereocenters. The number of hydrogen-bond acceptors (Lipinski definition) is 8. The molecular formula is C25H33N5O9S. The number of benzene rings is 1. The summed E-state index contributed by atoms with van der Waals surface area (Å²) in [6.45, 7) is 0. The summed E-state index contributed by atoms with van der Waals surface area (Å²) in [6, 6.07) is 1.77. The molecule has 2 rings (SSSR count). The van der Waals surface area contributed by atoms with E-state index in [9.17, 15) is 33.9 Å². The highest BCUT2D eigenvalue weighted by atomic mass is 32.2. The normalized spacial score (nSPS) is 13.9. The van der Waals surface area contributed by atoms with Crippen molar-refractivity contribution in [3.05, 3.63) is 36.0 Å². The third kappa shape index (κ3) is 9.89. The van der Waals surface area contributed by atoms with Crippen molar-refractivity contribution in [1.82, 2.24) is 20.9 Å². The molecule has 0 saturated carbocycles. The first-order chi connectivity index (χ1) is 18.9. The predicted octanol–water partition coefficient (Wildman–Crippen LogP) is -0.331. The fraction of sp³-hybridized carbons (Fsp3) is 0.440. The number of aromatic amines is 1. The van der Waals surface area contributed by atoms with Crippen molar-refractivity contribution in [2.45, 2.75) is 56.3 Å². The van der Waals surface area contributed by atoms with Crippen LogP contribution in [0.1, 0.15) is 31.2 Å². The number of thioether (sulfide) groups is 1. The van der Waals surface area contributed by atoms with E-state index in [1.54, 1.807) is 12.3 Å². The Kier molecular flexibility index (Phi) is 12.4. The second-order valence-electron chi connectivity index (χ2n) is 9.00. The topological polar surface area (TPSA) is 241 Å². The fourth-order valence-corrected chi connectivity index (χ4v) is 4.33. The number of nitrogens with two attached hydrogens (primary N) is 1. The second-order valence-corrected chi connectivity index (χ2v) is 9.99. The van der Waals surface area contributed by atoms with Gasteiger partial charge in [0.1, 0.15) is 18.1 Å². The van der Waals surface area contributed by atoms with Gasteiger partial charge in [-0.2, -0.15) is 11.8 Å². The molecule has 3 amide bonds. The Morgan fingerprint density at radius 3 is 2.12 bits per heavy atom. The molecule has 1 aromatic carbocycles. The zero-order valence-corrected chi connectivity index (χ0v) is 22.5. The summed E-state index contributed by atoms with van der Waals surface area (Å²) >= 11 is 1.49. The van der Waals surface area contributed by atoms with Gasteiger partial charge in [-0.25, -0.2) is 4.79 Å². The van der Waals surface area contributed by atoms with Gasteiger partial charge in [0.05, 0.1) is 12.5 Å². The number of carbonyl (C=O) groups is 6. The van der Waals surface area contributed by atoms with Crippen LogP contribution >= 0.6 is 11.8 Å². The SMILES string of the molecule is CSCCC(N)C(=O)NC(Cc1c[nH]c2ccccc12)C(=O)NC(CCC(=O)O)C(=O)NC(CC(=O)O)C(=O)O. The lowest BCUT2D eigenvalue weighted by Crippen LogP contribution is -2.57. The maximum absolute atomic E-state index is 13.4. The molecule has 0 spiro atoms. The number of carbonyl (C=O) groups excluding carboxylic acids is 3. The van der Waals surface area contributed by atoms with Gasteiger partial charge in [-0.15, -0.1) is 0 Å². The van der Waals surface area contributed by atoms with Crippen molar-refractivity contribution in [3.8, 4) is 0 Å². The smallest absolute Gasteiger partial charge is 0.326 e. The van der Waals surface area contributed by atoms with E-state index in [-0.39, 0.29) is 6.42 Å². The number of H-pyrrole nitrogens is 1. The first kappa shape index (κ1) is 32.1. The summed E-state index contributed by atoms with van der Waals surface area (Å²) in [5.41, 5.74) is 7.44. The molecule has 15 heteroatoms. The van der Waals surface area contributed by atoms with Crippen LogP contribution in [-0.2, 0) is 35.2 Å². The van der Waals surface area contributed by atoms with Crippen LogP contribution in [0.5, 0.6) is 0 Å². The summed E-state index contributed by atoms with van der Waals surface area (Å²) in [7, 11) is 0. The first-order valence-corrected chi connectivity index (χ1v) is 13.7. The van der Waals surface area contributed by atoms with Gasteiger partial charge in [-0.1, -0.05) is 18.2 Å². The van der Waals surface area contributed by atoms with Crippen LogP contribution in [0.3, 0.4) is 0 Å². The zero-order chi connectivity index (χ0) is 29.8. The molecule has 0 radical (unpaired) electrons. The monoisotopic (exact) mass is 579 g/mol. The molecule has 0 aliphatic rings. The van der Waals surface area contributed by atoms with E-state index < -0.39 is 79.1 Å². The molecule has 4 atom stereocenters. The van der Waals surface area contributed by atoms with E-state index in [2.05, 4.69) is 15.6 Å². The third-order valence-corrected chi connectivity index (χ3v) is 6.62. The zero-order valence-electron chi connectivity index (χ0n) is 21.7. The van der Waals surface area contributed by atoms with Crippen molar-refractivity contribution >= 4 is 58.3 Å². The molecule has 0 aliphatic heterocycles. The fourth-order valence-electron chi connectivity index (χ4n) is 3.84. The van der Waals surface area contributed by atoms with Crippen LogP contribution < -0.4 is 21.7 Å². The minimum Gasteiger partial charge on any atom is -0.481 e. The first-order valence-electron chi connectivity index (χ1n) is 12.3. The highest BCUT2D eigenvalue weighted by molar-refractivity contribution is 7.98. The lowest BCUT2D eigenvalue weighted by Gasteiger charge is -2.25. The molecule has 0 aliphatic carbocycles. The summed E-state index contributed by atoms with van der Waals surface area (Å²) in [5.74, 6) is -6.32. The molecule has 218 valence electrons. The number of rotatable bonds is 17. The molecular weight excluding hydrogens is 546 g/mol. The van der Waals surface area contributed by atoms with Crippen LogP contribution in [0.2, 0.25) is 0 Å². The Bertz CT molecular complexity index is 1230. The minimum atomic E-state index is -1.81. The van der Waals surface area contributed by atoms with Gasteiger partial charge in [0.25, 0.3) is 0 Å². The Balaban J connectivity index is 2.31. The Morgan fingerprint density at radius 1 is 0.875 bits per heavy atom. The van der Waals surface area contributed by atoms with Crippen LogP contribution in [0, 0.1) is 0 Å². The van der Waals surface area contributed by atoms with E-state index in [1.807, 2.05) is 29.8 Å². The second kappa shape index (κ2) is 15.5. The van der Waals surface area contributed by atoms with Crippen LogP contribution in [0.15, 0.2) is 30.5 Å². The average molecular weight is 580 g/mol. The number of aromatic nitrogens is 1. The van der Waals surface area contributed by atoms with Gasteiger partial charge in [-0.05, 0) is 36.5 Å². The summed E-state index contributed by atoms with van der Waals surface area (Å²) < 4.78 is 0. The maximum atomic E-state index is 13.4. The van der Waals surface area contributed by atoms with Crippen molar-refractivity contribution in [2.75, 3.05) is 12.0 Å². The summed E-state index contributed by atoms with van der Waals surface area (Å²) in [4.78, 5) is 75.7. The van der Waals surface area contributed by atoms with Gasteiger partial charge in [0, 0.05) is 29.9 Å².